The van der Waals surface area contributed by atoms with E-state index < -0.39 is 11.9 Å². The number of amides is 2. The molecule has 21 heavy (non-hydrogen) atoms. The van der Waals surface area contributed by atoms with Crippen LogP contribution in [0.4, 0.5) is 5.13 Å². The first-order valence-corrected chi connectivity index (χ1v) is 7.81. The predicted octanol–water partition coefficient (Wildman–Crippen LogP) is 1.41. The van der Waals surface area contributed by atoms with E-state index in [0.29, 0.717) is 10.1 Å². The number of primary amides is 1. The fourth-order valence-corrected chi connectivity index (χ4v) is 3.56. The van der Waals surface area contributed by atoms with E-state index >= 15 is 0 Å². The van der Waals surface area contributed by atoms with Gasteiger partial charge in [0.05, 0.1) is 22.3 Å². The molecular formula is C12H15N5O2S2. The third-order valence-electron chi connectivity index (χ3n) is 2.57. The van der Waals surface area contributed by atoms with Gasteiger partial charge in [-0.2, -0.15) is 0 Å². The Morgan fingerprint density at radius 1 is 1.43 bits per heavy atom. The van der Waals surface area contributed by atoms with E-state index in [-0.39, 0.29) is 12.3 Å². The molecule has 2 rings (SSSR count). The molecule has 1 atom stereocenters. The molecule has 2 aromatic rings. The Labute approximate surface area is 129 Å². The van der Waals surface area contributed by atoms with Crippen LogP contribution in [0.15, 0.2) is 5.38 Å². The van der Waals surface area contributed by atoms with Crippen molar-refractivity contribution in [2.24, 2.45) is 11.5 Å². The van der Waals surface area contributed by atoms with Gasteiger partial charge in [0, 0.05) is 18.7 Å². The zero-order chi connectivity index (χ0) is 15.6. The fourth-order valence-electron chi connectivity index (χ4n) is 1.70. The molecule has 0 aliphatic heterocycles. The van der Waals surface area contributed by atoms with Crippen LogP contribution in [0.1, 0.15) is 30.1 Å². The predicted molar refractivity (Wildman–Crippen MR) is 83.0 cm³/mol. The number of thiazole rings is 2. The highest BCUT2D eigenvalue weighted by atomic mass is 32.1. The lowest BCUT2D eigenvalue weighted by Crippen LogP contribution is -2.20. The number of hydrogen-bond acceptors (Lipinski definition) is 7. The minimum Gasteiger partial charge on any atom is -0.370 e. The summed E-state index contributed by atoms with van der Waals surface area (Å²) in [5.41, 5.74) is 12.5. The largest absolute Gasteiger partial charge is 0.370 e. The maximum absolute atomic E-state index is 11.0. The van der Waals surface area contributed by atoms with Crippen molar-refractivity contribution in [2.45, 2.75) is 26.3 Å². The number of aromatic nitrogens is 2. The van der Waals surface area contributed by atoms with Crippen LogP contribution in [0.25, 0.3) is 10.6 Å². The normalized spacial score (nSPS) is 12.1. The van der Waals surface area contributed by atoms with E-state index in [1.165, 1.54) is 29.6 Å². The summed E-state index contributed by atoms with van der Waals surface area (Å²) in [5, 5.41) is 5.69. The molecule has 0 aliphatic rings. The van der Waals surface area contributed by atoms with Crippen molar-refractivity contribution in [3.05, 3.63) is 16.1 Å². The number of nitrogens with two attached hydrogens (primary N) is 2. The summed E-state index contributed by atoms with van der Waals surface area (Å²) >= 11 is 2.72. The Hall–Kier alpha value is -1.84. The molecule has 1 unspecified atom stereocenters. The summed E-state index contributed by atoms with van der Waals surface area (Å²) < 4.78 is 0. The molecule has 0 radical (unpaired) electrons. The second kappa shape index (κ2) is 6.29. The number of nitrogens with zero attached hydrogens (tertiary/aromatic N) is 2. The zero-order valence-electron chi connectivity index (χ0n) is 11.5. The lowest BCUT2D eigenvalue weighted by Gasteiger charge is -2.04. The average Bonchev–Trinajstić information content (AvgIpc) is 2.94. The van der Waals surface area contributed by atoms with Gasteiger partial charge >= 0.3 is 0 Å². The van der Waals surface area contributed by atoms with Gasteiger partial charge in [-0.15, -0.1) is 11.3 Å². The number of anilines is 1. The van der Waals surface area contributed by atoms with Crippen molar-refractivity contribution >= 4 is 39.6 Å². The molecule has 7 nitrogen and oxygen atoms in total. The lowest BCUT2D eigenvalue weighted by molar-refractivity contribution is -0.118. The standard InChI is InChI=1S/C12H15N5O2S2/c1-5-10(21-12(15-5)16-6(2)18)8-4-20-11(17-8)7(13)3-9(14)19/h4,7H,3,13H2,1-2H3,(H2,14,19)(H,15,16,18). The Morgan fingerprint density at radius 2 is 2.14 bits per heavy atom. The minimum atomic E-state index is -0.496. The smallest absolute Gasteiger partial charge is 0.223 e. The number of carbonyl (C=O) groups is 2. The molecule has 2 amide bonds. The summed E-state index contributed by atoms with van der Waals surface area (Å²) in [5.74, 6) is -0.626. The van der Waals surface area contributed by atoms with Crippen molar-refractivity contribution in [3.8, 4) is 10.6 Å². The van der Waals surface area contributed by atoms with Crippen LogP contribution in [-0.2, 0) is 9.59 Å². The van der Waals surface area contributed by atoms with E-state index in [1.54, 1.807) is 0 Å². The fraction of sp³-hybridized carbons (Fsp3) is 0.333. The van der Waals surface area contributed by atoms with Gasteiger partial charge in [-0.1, -0.05) is 11.3 Å². The molecule has 0 aliphatic carbocycles. The number of hydrogen-bond donors (Lipinski definition) is 3. The summed E-state index contributed by atoms with van der Waals surface area (Å²) in [6, 6.07) is -0.496. The molecule has 2 aromatic heterocycles. The highest BCUT2D eigenvalue weighted by Crippen LogP contribution is 2.34. The maximum Gasteiger partial charge on any atom is 0.223 e. The van der Waals surface area contributed by atoms with Crippen molar-refractivity contribution < 1.29 is 9.59 Å². The van der Waals surface area contributed by atoms with Gasteiger partial charge in [-0.25, -0.2) is 9.97 Å². The quantitative estimate of drug-likeness (QED) is 0.766. The minimum absolute atomic E-state index is 0.0613. The molecule has 2 heterocycles. The summed E-state index contributed by atoms with van der Waals surface area (Å²) in [6.45, 7) is 3.28. The number of carbonyl (C=O) groups excluding carboxylic acids is 2. The second-order valence-corrected chi connectivity index (χ2v) is 6.35. The second-order valence-electron chi connectivity index (χ2n) is 4.46. The highest BCUT2D eigenvalue weighted by molar-refractivity contribution is 7.19. The summed E-state index contributed by atoms with van der Waals surface area (Å²) in [4.78, 5) is 31.5. The van der Waals surface area contributed by atoms with Gasteiger partial charge in [0.2, 0.25) is 11.8 Å². The van der Waals surface area contributed by atoms with Gasteiger partial charge < -0.3 is 16.8 Å². The molecular weight excluding hydrogens is 310 g/mol. The van der Waals surface area contributed by atoms with Gasteiger partial charge in [0.1, 0.15) is 5.01 Å². The molecule has 0 saturated carbocycles. The first-order chi connectivity index (χ1) is 9.86. The molecule has 9 heteroatoms. The molecule has 0 spiro atoms. The SMILES string of the molecule is CC(=O)Nc1nc(C)c(-c2csc(C(N)CC(N)=O)n2)s1. The van der Waals surface area contributed by atoms with Crippen molar-refractivity contribution in [2.75, 3.05) is 5.32 Å². The zero-order valence-corrected chi connectivity index (χ0v) is 13.2. The van der Waals surface area contributed by atoms with Crippen LogP contribution in [0.5, 0.6) is 0 Å². The molecule has 5 N–H and O–H groups in total. The van der Waals surface area contributed by atoms with Crippen molar-refractivity contribution in [1.29, 1.82) is 0 Å². The number of rotatable bonds is 5. The summed E-state index contributed by atoms with van der Waals surface area (Å²) in [7, 11) is 0. The number of nitrogens with one attached hydrogen (secondary N) is 1. The van der Waals surface area contributed by atoms with Crippen LogP contribution < -0.4 is 16.8 Å². The Balaban J connectivity index is 2.23. The monoisotopic (exact) mass is 325 g/mol. The first kappa shape index (κ1) is 15.5. The van der Waals surface area contributed by atoms with E-state index in [9.17, 15) is 9.59 Å². The molecule has 112 valence electrons. The summed E-state index contributed by atoms with van der Waals surface area (Å²) in [6.07, 6.45) is 0.0613. The van der Waals surface area contributed by atoms with Gasteiger partial charge in [-0.05, 0) is 6.92 Å². The van der Waals surface area contributed by atoms with E-state index in [0.717, 1.165) is 16.3 Å². The molecule has 0 saturated heterocycles. The Kier molecular flexibility index (Phi) is 4.66. The van der Waals surface area contributed by atoms with E-state index in [1.807, 2.05) is 12.3 Å². The Bertz CT molecular complexity index is 679. The van der Waals surface area contributed by atoms with Crippen molar-refractivity contribution in [1.82, 2.24) is 9.97 Å². The average molecular weight is 325 g/mol. The van der Waals surface area contributed by atoms with Gasteiger partial charge in [-0.3, -0.25) is 9.59 Å². The van der Waals surface area contributed by atoms with Crippen LogP contribution in [0.3, 0.4) is 0 Å². The molecule has 0 aromatic carbocycles. The van der Waals surface area contributed by atoms with E-state index in [4.69, 9.17) is 11.5 Å². The van der Waals surface area contributed by atoms with Crippen molar-refractivity contribution in [3.63, 3.8) is 0 Å². The van der Waals surface area contributed by atoms with Gasteiger partial charge in [0.15, 0.2) is 5.13 Å². The number of aryl methyl sites for hydroxylation is 1. The maximum atomic E-state index is 11.0. The highest BCUT2D eigenvalue weighted by Gasteiger charge is 2.17. The van der Waals surface area contributed by atoms with Crippen LogP contribution in [0.2, 0.25) is 0 Å². The first-order valence-electron chi connectivity index (χ1n) is 6.11. The third kappa shape index (κ3) is 3.84. The van der Waals surface area contributed by atoms with Gasteiger partial charge in [0.25, 0.3) is 0 Å². The molecule has 0 fully saturated rings. The van der Waals surface area contributed by atoms with Crippen LogP contribution in [0, 0.1) is 6.92 Å². The third-order valence-corrected chi connectivity index (χ3v) is 4.64. The lowest BCUT2D eigenvalue weighted by atomic mass is 10.2. The van der Waals surface area contributed by atoms with Crippen LogP contribution in [-0.4, -0.2) is 21.8 Å². The van der Waals surface area contributed by atoms with Crippen LogP contribution >= 0.6 is 22.7 Å². The van der Waals surface area contributed by atoms with E-state index in [2.05, 4.69) is 15.3 Å². The topological polar surface area (TPSA) is 124 Å². The molecule has 0 bridgehead atoms. The Morgan fingerprint density at radius 3 is 2.76 bits per heavy atom.